The number of hydrogen-bond acceptors (Lipinski definition) is 1. The third-order valence-corrected chi connectivity index (χ3v) is 6.72. The van der Waals surface area contributed by atoms with Gasteiger partial charge in [-0.15, -0.1) is 11.3 Å². The van der Waals surface area contributed by atoms with E-state index in [0.29, 0.717) is 0 Å². The van der Waals surface area contributed by atoms with Gasteiger partial charge in [-0.25, -0.2) is 0 Å². The molecule has 1 heteroatoms. The molecule has 124 valence electrons. The zero-order valence-electron chi connectivity index (χ0n) is 14.4. The van der Waals surface area contributed by atoms with Crippen LogP contribution >= 0.6 is 11.3 Å². The van der Waals surface area contributed by atoms with Crippen LogP contribution in [0.5, 0.6) is 0 Å². The summed E-state index contributed by atoms with van der Waals surface area (Å²) < 4.78 is 2.82. The van der Waals surface area contributed by atoms with E-state index in [0.717, 1.165) is 12.8 Å². The van der Waals surface area contributed by atoms with Crippen molar-refractivity contribution in [3.05, 3.63) is 82.9 Å². The van der Waals surface area contributed by atoms with Crippen LogP contribution in [0.3, 0.4) is 0 Å². The molecule has 1 aromatic heterocycles. The smallest absolute Gasteiger partial charge is 0.0358 e. The van der Waals surface area contributed by atoms with Gasteiger partial charge in [-0.2, -0.15) is 0 Å². The Bertz CT molecular complexity index is 1050. The van der Waals surface area contributed by atoms with Gasteiger partial charge in [-0.05, 0) is 72.9 Å². The third kappa shape index (κ3) is 2.77. The Balaban J connectivity index is 1.48. The first-order valence-electron chi connectivity index (χ1n) is 9.38. The molecule has 0 N–H and O–H groups in total. The molecule has 0 saturated carbocycles. The summed E-state index contributed by atoms with van der Waals surface area (Å²) in [6.45, 7) is 0. The summed E-state index contributed by atoms with van der Waals surface area (Å²) in [6.07, 6.45) is 7.52. The fourth-order valence-electron chi connectivity index (χ4n) is 4.28. The fourth-order valence-corrected chi connectivity index (χ4v) is 5.43. The topological polar surface area (TPSA) is 0 Å². The predicted molar refractivity (Wildman–Crippen MR) is 110 cm³/mol. The van der Waals surface area contributed by atoms with Crippen molar-refractivity contribution in [2.24, 2.45) is 0 Å². The molecule has 4 aromatic rings. The van der Waals surface area contributed by atoms with Gasteiger partial charge in [-0.1, -0.05) is 48.5 Å². The van der Waals surface area contributed by atoms with Crippen LogP contribution in [0.2, 0.25) is 0 Å². The van der Waals surface area contributed by atoms with Crippen molar-refractivity contribution < 1.29 is 0 Å². The van der Waals surface area contributed by atoms with Crippen molar-refractivity contribution in [1.29, 1.82) is 0 Å². The van der Waals surface area contributed by atoms with Gasteiger partial charge in [0.15, 0.2) is 0 Å². The molecule has 25 heavy (non-hydrogen) atoms. The standard InChI is InChI=1S/C24H22S/c1-2-7-20-16-17(12-14-18(20)6-1)13-15-19-8-5-11-23-24(19)21-9-3-4-10-22(21)25-23/h3-5,8-12,14,16H,1-2,6-7,13,15H2. The zero-order chi connectivity index (χ0) is 16.6. The Kier molecular flexibility index (Phi) is 3.83. The maximum atomic E-state index is 2.47. The molecule has 0 unspecified atom stereocenters. The molecule has 0 nitrogen and oxygen atoms in total. The van der Waals surface area contributed by atoms with E-state index in [1.807, 2.05) is 11.3 Å². The van der Waals surface area contributed by atoms with Crippen molar-refractivity contribution in [2.45, 2.75) is 38.5 Å². The van der Waals surface area contributed by atoms with E-state index in [1.54, 1.807) is 11.1 Å². The Hall–Kier alpha value is -2.12. The summed E-state index contributed by atoms with van der Waals surface area (Å²) in [6, 6.07) is 22.8. The molecular formula is C24H22S. The average molecular weight is 343 g/mol. The minimum atomic E-state index is 1.12. The minimum absolute atomic E-state index is 1.12. The van der Waals surface area contributed by atoms with Crippen LogP contribution in [0, 0.1) is 0 Å². The van der Waals surface area contributed by atoms with E-state index < -0.39 is 0 Å². The van der Waals surface area contributed by atoms with Gasteiger partial charge in [0, 0.05) is 20.2 Å². The third-order valence-electron chi connectivity index (χ3n) is 5.58. The van der Waals surface area contributed by atoms with E-state index >= 15 is 0 Å². The molecule has 0 spiro atoms. The molecule has 3 aromatic carbocycles. The monoisotopic (exact) mass is 342 g/mol. The Morgan fingerprint density at radius 3 is 2.52 bits per heavy atom. The number of benzene rings is 3. The lowest BCUT2D eigenvalue weighted by molar-refractivity contribution is 0.684. The highest BCUT2D eigenvalue weighted by Crippen LogP contribution is 2.36. The van der Waals surface area contributed by atoms with E-state index in [2.05, 4.69) is 60.7 Å². The summed E-state index contributed by atoms with van der Waals surface area (Å²) >= 11 is 1.92. The molecular weight excluding hydrogens is 320 g/mol. The Labute approximate surface area is 153 Å². The van der Waals surface area contributed by atoms with Crippen LogP contribution in [0.25, 0.3) is 20.2 Å². The molecule has 1 aliphatic rings. The zero-order valence-corrected chi connectivity index (χ0v) is 15.2. The molecule has 1 heterocycles. The van der Waals surface area contributed by atoms with Gasteiger partial charge >= 0.3 is 0 Å². The molecule has 0 aliphatic heterocycles. The summed E-state index contributed by atoms with van der Waals surface area (Å²) in [4.78, 5) is 0. The van der Waals surface area contributed by atoms with Gasteiger partial charge in [-0.3, -0.25) is 0 Å². The van der Waals surface area contributed by atoms with Crippen molar-refractivity contribution in [2.75, 3.05) is 0 Å². The summed E-state index contributed by atoms with van der Waals surface area (Å²) in [5.74, 6) is 0. The average Bonchev–Trinajstić information content (AvgIpc) is 3.05. The second-order valence-corrected chi connectivity index (χ2v) is 8.28. The quantitative estimate of drug-likeness (QED) is 0.388. The molecule has 0 radical (unpaired) electrons. The first kappa shape index (κ1) is 15.2. The van der Waals surface area contributed by atoms with Crippen LogP contribution in [-0.2, 0) is 25.7 Å². The molecule has 5 rings (SSSR count). The largest absolute Gasteiger partial charge is 0.135 e. The second kappa shape index (κ2) is 6.31. The van der Waals surface area contributed by atoms with Crippen LogP contribution in [-0.4, -0.2) is 0 Å². The van der Waals surface area contributed by atoms with Crippen LogP contribution in [0.15, 0.2) is 60.7 Å². The SMILES string of the molecule is c1ccc2c(c1)sc1cccc(CCc3ccc4c(c3)CCCC4)c12. The molecule has 1 aliphatic carbocycles. The van der Waals surface area contributed by atoms with E-state index in [-0.39, 0.29) is 0 Å². The van der Waals surface area contributed by atoms with E-state index in [4.69, 9.17) is 0 Å². The maximum Gasteiger partial charge on any atom is 0.0358 e. The van der Waals surface area contributed by atoms with Gasteiger partial charge in [0.1, 0.15) is 0 Å². The van der Waals surface area contributed by atoms with Crippen molar-refractivity contribution in [3.8, 4) is 0 Å². The Morgan fingerprint density at radius 2 is 1.56 bits per heavy atom. The number of rotatable bonds is 3. The lowest BCUT2D eigenvalue weighted by Crippen LogP contribution is -2.03. The van der Waals surface area contributed by atoms with Gasteiger partial charge in [0.25, 0.3) is 0 Å². The fraction of sp³-hybridized carbons (Fsp3) is 0.250. The summed E-state index contributed by atoms with van der Waals surface area (Å²) in [5.41, 5.74) is 6.17. The van der Waals surface area contributed by atoms with E-state index in [1.165, 1.54) is 57.0 Å². The normalized spacial score (nSPS) is 14.1. The summed E-state index contributed by atoms with van der Waals surface area (Å²) in [5, 5.41) is 2.89. The highest BCUT2D eigenvalue weighted by Gasteiger charge is 2.11. The number of hydrogen-bond donors (Lipinski definition) is 0. The van der Waals surface area contributed by atoms with Crippen LogP contribution in [0.4, 0.5) is 0 Å². The first-order valence-corrected chi connectivity index (χ1v) is 10.2. The maximum absolute atomic E-state index is 2.47. The molecule has 0 atom stereocenters. The molecule has 0 saturated heterocycles. The van der Waals surface area contributed by atoms with E-state index in [9.17, 15) is 0 Å². The van der Waals surface area contributed by atoms with Crippen LogP contribution in [0.1, 0.15) is 35.1 Å². The highest BCUT2D eigenvalue weighted by atomic mass is 32.1. The number of thiophene rings is 1. The lowest BCUT2D eigenvalue weighted by atomic mass is 9.89. The molecule has 0 fully saturated rings. The van der Waals surface area contributed by atoms with Gasteiger partial charge in [0.2, 0.25) is 0 Å². The van der Waals surface area contributed by atoms with Crippen molar-refractivity contribution in [1.82, 2.24) is 0 Å². The lowest BCUT2D eigenvalue weighted by Gasteiger charge is -2.16. The first-order chi connectivity index (χ1) is 12.4. The second-order valence-electron chi connectivity index (χ2n) is 7.20. The summed E-state index contributed by atoms with van der Waals surface area (Å²) in [7, 11) is 0. The van der Waals surface area contributed by atoms with Crippen LogP contribution < -0.4 is 0 Å². The minimum Gasteiger partial charge on any atom is -0.135 e. The van der Waals surface area contributed by atoms with Gasteiger partial charge in [0.05, 0.1) is 0 Å². The Morgan fingerprint density at radius 1 is 0.720 bits per heavy atom. The van der Waals surface area contributed by atoms with Crippen molar-refractivity contribution >= 4 is 31.5 Å². The predicted octanol–water partition coefficient (Wildman–Crippen LogP) is 6.72. The molecule has 0 amide bonds. The van der Waals surface area contributed by atoms with Crippen molar-refractivity contribution in [3.63, 3.8) is 0 Å². The highest BCUT2D eigenvalue weighted by molar-refractivity contribution is 7.25. The number of fused-ring (bicyclic) bond motifs is 4. The number of aryl methyl sites for hydroxylation is 4. The van der Waals surface area contributed by atoms with Gasteiger partial charge < -0.3 is 0 Å². The molecule has 0 bridgehead atoms.